The molecule has 0 heterocycles. The van der Waals surface area contributed by atoms with E-state index in [1.165, 1.54) is 0 Å². The second kappa shape index (κ2) is 11.6. The first-order valence-electron chi connectivity index (χ1n) is 9.62. The fourth-order valence-corrected chi connectivity index (χ4v) is 16.6. The van der Waals surface area contributed by atoms with Crippen LogP contribution in [0.25, 0.3) is 0 Å². The Morgan fingerprint density at radius 3 is 1.39 bits per heavy atom. The van der Waals surface area contributed by atoms with Crippen LogP contribution in [0.2, 0.25) is 36.3 Å². The summed E-state index contributed by atoms with van der Waals surface area (Å²) >= 11 is 0. The Kier molecular flexibility index (Phi) is 9.90. The Morgan fingerprint density at radius 2 is 1.11 bits per heavy atom. The predicted molar refractivity (Wildman–Crippen MR) is 129 cm³/mol. The van der Waals surface area contributed by atoms with E-state index < -0.39 is 16.5 Å². The summed E-state index contributed by atoms with van der Waals surface area (Å²) < 4.78 is 17.6. The lowest BCUT2D eigenvalue weighted by atomic mass is 10.3. The fraction of sp³-hybridized carbons (Fsp3) is 0.250. The van der Waals surface area contributed by atoms with Gasteiger partial charge in [-0.3, -0.25) is 0 Å². The number of halogens is 1. The number of nitrogens with zero attached hydrogens (tertiary/aromatic N) is 1. The van der Waals surface area contributed by atoms with E-state index >= 15 is 4.39 Å². The highest BCUT2D eigenvalue weighted by Gasteiger charge is 2.49. The van der Waals surface area contributed by atoms with E-state index in [1.54, 1.807) is 6.07 Å². The molecule has 0 saturated heterocycles. The van der Waals surface area contributed by atoms with Crippen LogP contribution in [0.1, 0.15) is 0 Å². The van der Waals surface area contributed by atoms with Crippen LogP contribution in [0.4, 0.5) is 10.1 Å². The highest BCUT2D eigenvalue weighted by Crippen LogP contribution is 2.42. The highest BCUT2D eigenvalue weighted by atomic mass is 28.4. The van der Waals surface area contributed by atoms with E-state index in [0.29, 0.717) is 5.69 Å². The van der Waals surface area contributed by atoms with E-state index in [1.807, 2.05) is 48.6 Å². The van der Waals surface area contributed by atoms with Gasteiger partial charge in [-0.25, -0.2) is 4.39 Å². The minimum atomic E-state index is -2.31. The van der Waals surface area contributed by atoms with Crippen molar-refractivity contribution in [1.29, 1.82) is 0 Å². The van der Waals surface area contributed by atoms with Gasteiger partial charge < -0.3 is 4.23 Å². The van der Waals surface area contributed by atoms with Crippen LogP contribution < -0.4 is 4.23 Å². The molecule has 1 aromatic carbocycles. The van der Waals surface area contributed by atoms with Gasteiger partial charge in [0.05, 0.1) is 5.69 Å². The van der Waals surface area contributed by atoms with Gasteiger partial charge in [0, 0.05) is 6.07 Å². The largest absolute Gasteiger partial charge is 0.420 e. The Bertz CT molecular complexity index is 619. The first-order chi connectivity index (χ1) is 13.5. The van der Waals surface area contributed by atoms with Crippen molar-refractivity contribution < 1.29 is 4.39 Å². The predicted octanol–water partition coefficient (Wildman–Crippen LogP) is 7.44. The molecule has 149 valence electrons. The summed E-state index contributed by atoms with van der Waals surface area (Å²) in [4.78, 5) is 0. The van der Waals surface area contributed by atoms with Crippen molar-refractivity contribution in [3.63, 3.8) is 0 Å². The average molecular weight is 411 g/mol. The monoisotopic (exact) mass is 410 g/mol. The van der Waals surface area contributed by atoms with E-state index in [4.69, 9.17) is 0 Å². The van der Waals surface area contributed by atoms with Gasteiger partial charge in [0.2, 0.25) is 0 Å². The second-order valence-electron chi connectivity index (χ2n) is 7.11. The molecular weight excluding hydrogens is 377 g/mol. The van der Waals surface area contributed by atoms with E-state index in [9.17, 15) is 0 Å². The third-order valence-corrected chi connectivity index (χ3v) is 16.6. The molecule has 0 aliphatic heterocycles. The molecule has 1 aromatic rings. The smallest absolute Gasteiger partial charge is 0.159 e. The van der Waals surface area contributed by atoms with Crippen LogP contribution in [0.15, 0.2) is 94.1 Å². The van der Waals surface area contributed by atoms with Crippen LogP contribution in [0.3, 0.4) is 0 Å². The maximum absolute atomic E-state index is 15.1. The lowest BCUT2D eigenvalue weighted by Crippen LogP contribution is -2.67. The van der Waals surface area contributed by atoms with E-state index in [2.05, 4.69) is 49.8 Å². The fourth-order valence-electron chi connectivity index (χ4n) is 4.25. The molecule has 1 nitrogen and oxygen atoms in total. The van der Waals surface area contributed by atoms with Crippen LogP contribution >= 0.6 is 0 Å². The van der Waals surface area contributed by atoms with Gasteiger partial charge in [0.25, 0.3) is 0 Å². The quantitative estimate of drug-likeness (QED) is 0.214. The van der Waals surface area contributed by atoms with E-state index in [-0.39, 0.29) is 5.82 Å². The minimum Gasteiger partial charge on any atom is -0.420 e. The molecule has 0 unspecified atom stereocenters. The molecule has 1 rings (SSSR count). The molecule has 28 heavy (non-hydrogen) atoms. The molecule has 0 N–H and O–H groups in total. The summed E-state index contributed by atoms with van der Waals surface area (Å²) in [7, 11) is -4.61. The number of rotatable bonds is 15. The molecule has 0 aliphatic carbocycles. The van der Waals surface area contributed by atoms with Crippen molar-refractivity contribution in [1.82, 2.24) is 0 Å². The SMILES string of the molecule is C=CC[Si](CC=C)(CC=C)N(c1ccc[c]c1F)[Si](CC=C)(CC=C)CC=C. The van der Waals surface area contributed by atoms with Gasteiger partial charge in [0.15, 0.2) is 22.3 Å². The molecule has 0 saturated carbocycles. The summed E-state index contributed by atoms with van der Waals surface area (Å²) in [5.74, 6) is -0.314. The van der Waals surface area contributed by atoms with Crippen molar-refractivity contribution in [2.45, 2.75) is 36.3 Å². The van der Waals surface area contributed by atoms with Crippen LogP contribution in [0.5, 0.6) is 0 Å². The maximum Gasteiger partial charge on any atom is 0.159 e. The number of anilines is 1. The minimum absolute atomic E-state index is 0.314. The summed E-state index contributed by atoms with van der Waals surface area (Å²) in [5.41, 5.74) is 0.622. The Labute approximate surface area is 173 Å². The van der Waals surface area contributed by atoms with Gasteiger partial charge in [0.1, 0.15) is 0 Å². The first kappa shape index (κ1) is 23.9. The highest BCUT2D eigenvalue weighted by molar-refractivity contribution is 7.03. The molecule has 0 aromatic heterocycles. The van der Waals surface area contributed by atoms with E-state index in [0.717, 1.165) is 36.3 Å². The third-order valence-electron chi connectivity index (χ3n) is 5.12. The van der Waals surface area contributed by atoms with Gasteiger partial charge in [-0.05, 0) is 42.3 Å². The number of allylic oxidation sites excluding steroid dienone is 6. The van der Waals surface area contributed by atoms with Crippen molar-refractivity contribution in [3.8, 4) is 0 Å². The molecule has 0 bridgehead atoms. The zero-order valence-electron chi connectivity index (χ0n) is 17.0. The molecule has 0 spiro atoms. The number of hydrogen-bond acceptors (Lipinski definition) is 1. The third kappa shape index (κ3) is 5.21. The summed E-state index contributed by atoms with van der Waals surface area (Å²) in [6.45, 7) is 24.1. The van der Waals surface area contributed by atoms with Crippen molar-refractivity contribution >= 4 is 22.2 Å². The Morgan fingerprint density at radius 1 is 0.750 bits per heavy atom. The normalized spacial score (nSPS) is 11.3. The number of benzene rings is 1. The van der Waals surface area contributed by atoms with Crippen molar-refractivity contribution in [3.05, 3.63) is 106 Å². The standard InChI is InChI=1S/C24H33FNSi2/c1-7-17-27(18-8-2,19-9-3)26(24-16-14-13-15-23(24)25)28(20-10-4,21-11-5)22-12-6/h7-14,16H,1-6,17-22H2. The van der Waals surface area contributed by atoms with Gasteiger partial charge in [-0.15, -0.1) is 39.5 Å². The van der Waals surface area contributed by atoms with Crippen molar-refractivity contribution in [2.75, 3.05) is 4.23 Å². The molecule has 0 aliphatic rings. The van der Waals surface area contributed by atoms with Gasteiger partial charge in [-0.2, -0.15) is 0 Å². The average Bonchev–Trinajstić information content (AvgIpc) is 2.65. The number of hydrogen-bond donors (Lipinski definition) is 0. The zero-order chi connectivity index (χ0) is 21.0. The second-order valence-corrected chi connectivity index (χ2v) is 15.8. The first-order valence-corrected chi connectivity index (χ1v) is 14.8. The zero-order valence-corrected chi connectivity index (χ0v) is 19.0. The van der Waals surface area contributed by atoms with Gasteiger partial charge in [-0.1, -0.05) is 48.6 Å². The summed E-state index contributed by atoms with van der Waals surface area (Å²) in [6.07, 6.45) is 11.8. The molecule has 0 fully saturated rings. The lowest BCUT2D eigenvalue weighted by Gasteiger charge is -2.54. The molecule has 1 radical (unpaired) electrons. The van der Waals surface area contributed by atoms with Crippen LogP contribution in [-0.4, -0.2) is 16.5 Å². The van der Waals surface area contributed by atoms with Crippen molar-refractivity contribution in [2.24, 2.45) is 0 Å². The Balaban J connectivity index is 3.94. The molecule has 0 atom stereocenters. The van der Waals surface area contributed by atoms with Gasteiger partial charge >= 0.3 is 0 Å². The topological polar surface area (TPSA) is 3.24 Å². The maximum atomic E-state index is 15.1. The molecule has 4 heteroatoms. The molecular formula is C24H33FNSi2. The Hall–Kier alpha value is -2.18. The van der Waals surface area contributed by atoms with Crippen LogP contribution in [0, 0.1) is 11.9 Å². The van der Waals surface area contributed by atoms with Crippen LogP contribution in [-0.2, 0) is 0 Å². The molecule has 0 amide bonds. The lowest BCUT2D eigenvalue weighted by molar-refractivity contribution is 0.627. The summed E-state index contributed by atoms with van der Waals surface area (Å²) in [6, 6.07) is 13.0. The summed E-state index contributed by atoms with van der Waals surface area (Å²) in [5, 5.41) is 0.